The third kappa shape index (κ3) is 5.46. The maximum Gasteiger partial charge on any atom is 0.303 e. The highest BCUT2D eigenvalue weighted by Gasteiger charge is 2.20. The smallest absolute Gasteiger partial charge is 0.303 e. The van der Waals surface area contributed by atoms with Gasteiger partial charge in [-0.1, -0.05) is 37.3 Å². The average molecular weight is 343 g/mol. The van der Waals surface area contributed by atoms with Crippen LogP contribution in [0.3, 0.4) is 0 Å². The first-order valence-corrected chi connectivity index (χ1v) is 8.47. The molecule has 1 atom stereocenters. The van der Waals surface area contributed by atoms with Crippen molar-refractivity contribution < 1.29 is 14.7 Å². The number of nitrogens with zero attached hydrogens (tertiary/aromatic N) is 2. The molecule has 0 aliphatic rings. The van der Waals surface area contributed by atoms with Gasteiger partial charge in [-0.25, -0.2) is 4.98 Å². The van der Waals surface area contributed by atoms with E-state index in [2.05, 4.69) is 24.0 Å². The molecule has 0 radical (unpaired) electrons. The molecule has 0 saturated carbocycles. The van der Waals surface area contributed by atoms with E-state index in [0.717, 1.165) is 18.4 Å². The predicted octanol–water partition coefficient (Wildman–Crippen LogP) is 3.48. The van der Waals surface area contributed by atoms with E-state index in [0.29, 0.717) is 18.6 Å². The number of benzene rings is 1. The molecular weight excluding hydrogens is 318 g/mol. The Morgan fingerprint density at radius 1 is 1.32 bits per heavy atom. The summed E-state index contributed by atoms with van der Waals surface area (Å²) in [4.78, 5) is 20.1. The first-order chi connectivity index (χ1) is 12.2. The number of carboxylic acids is 1. The number of rotatable bonds is 10. The maximum atomic E-state index is 10.8. The summed E-state index contributed by atoms with van der Waals surface area (Å²) in [7, 11) is 0. The van der Waals surface area contributed by atoms with E-state index in [1.54, 1.807) is 12.5 Å². The zero-order chi connectivity index (χ0) is 18.1. The van der Waals surface area contributed by atoms with Crippen LogP contribution in [0.2, 0.25) is 0 Å². The summed E-state index contributed by atoms with van der Waals surface area (Å²) in [6.07, 6.45) is 8.10. The van der Waals surface area contributed by atoms with E-state index in [1.165, 1.54) is 5.56 Å². The fraction of sp³-hybridized carbons (Fsp3) is 0.368. The van der Waals surface area contributed by atoms with Gasteiger partial charge in [-0.05, 0) is 30.4 Å². The Bertz CT molecular complexity index is 681. The van der Waals surface area contributed by atoms with Gasteiger partial charge in [-0.3, -0.25) is 4.79 Å². The lowest BCUT2D eigenvalue weighted by Crippen LogP contribution is -2.17. The molecule has 25 heavy (non-hydrogen) atoms. The summed E-state index contributed by atoms with van der Waals surface area (Å²) in [5.74, 6) is 5.37. The average Bonchev–Trinajstić information content (AvgIpc) is 3.15. The topological polar surface area (TPSA) is 90.4 Å². The summed E-state index contributed by atoms with van der Waals surface area (Å²) in [5.41, 5.74) is 2.27. The van der Waals surface area contributed by atoms with E-state index < -0.39 is 5.97 Å². The molecule has 6 heteroatoms. The minimum atomic E-state index is -0.815. The molecule has 1 aromatic carbocycles. The molecule has 0 bridgehead atoms. The molecule has 0 aliphatic heterocycles. The second-order valence-corrected chi connectivity index (χ2v) is 5.88. The van der Waals surface area contributed by atoms with E-state index in [-0.39, 0.29) is 12.5 Å². The van der Waals surface area contributed by atoms with Gasteiger partial charge in [-0.15, -0.1) is 0 Å². The minimum Gasteiger partial charge on any atom is -0.481 e. The Labute approximate surface area is 147 Å². The standard InChI is InChI=1S/C19H25N3O3/c1-2-16(18(25-20)9-6-10-19(23)24)17(22-12-11-21-14-22)13-15-7-4-3-5-8-15/h3-5,7-8,11-12,14,17H,2,6,9-10,13,20H2,1H3,(H,23,24). The van der Waals surface area contributed by atoms with E-state index in [1.807, 2.05) is 29.0 Å². The molecule has 0 amide bonds. The lowest BCUT2D eigenvalue weighted by Gasteiger charge is -2.24. The van der Waals surface area contributed by atoms with Crippen molar-refractivity contribution in [1.82, 2.24) is 9.55 Å². The summed E-state index contributed by atoms with van der Waals surface area (Å²) in [6.45, 7) is 2.06. The van der Waals surface area contributed by atoms with Crippen molar-refractivity contribution in [3.05, 3.63) is 65.9 Å². The fourth-order valence-corrected chi connectivity index (χ4v) is 3.01. The fourth-order valence-electron chi connectivity index (χ4n) is 3.01. The number of carboxylic acid groups (broad SMARTS) is 1. The van der Waals surface area contributed by atoms with Gasteiger partial charge < -0.3 is 14.5 Å². The summed E-state index contributed by atoms with van der Waals surface area (Å²) < 4.78 is 2.04. The van der Waals surface area contributed by atoms with Gasteiger partial charge in [0.25, 0.3) is 0 Å². The molecule has 2 rings (SSSR count). The Morgan fingerprint density at radius 3 is 2.64 bits per heavy atom. The number of nitrogens with two attached hydrogens (primary N) is 1. The lowest BCUT2D eigenvalue weighted by molar-refractivity contribution is -0.137. The third-order valence-electron chi connectivity index (χ3n) is 4.23. The number of carbonyl (C=O) groups is 1. The number of aliphatic carboxylic acids is 1. The Morgan fingerprint density at radius 2 is 2.08 bits per heavy atom. The van der Waals surface area contributed by atoms with E-state index in [9.17, 15) is 4.79 Å². The SMILES string of the molecule is CCC(=C(CCCC(=O)O)ON)C(Cc1ccccc1)n1ccnc1. The van der Waals surface area contributed by atoms with Crippen molar-refractivity contribution in [1.29, 1.82) is 0 Å². The Hall–Kier alpha value is -2.60. The van der Waals surface area contributed by atoms with Crippen molar-refractivity contribution >= 4 is 5.97 Å². The van der Waals surface area contributed by atoms with Crippen molar-refractivity contribution in [3.63, 3.8) is 0 Å². The van der Waals surface area contributed by atoms with Crippen LogP contribution in [-0.2, 0) is 16.1 Å². The van der Waals surface area contributed by atoms with Gasteiger partial charge >= 0.3 is 5.97 Å². The van der Waals surface area contributed by atoms with Crippen LogP contribution in [0.5, 0.6) is 0 Å². The van der Waals surface area contributed by atoms with Crippen molar-refractivity contribution in [3.8, 4) is 0 Å². The van der Waals surface area contributed by atoms with E-state index >= 15 is 0 Å². The molecule has 3 N–H and O–H groups in total. The lowest BCUT2D eigenvalue weighted by atomic mass is 9.94. The molecule has 1 unspecified atom stereocenters. The van der Waals surface area contributed by atoms with Crippen LogP contribution >= 0.6 is 0 Å². The highest BCUT2D eigenvalue weighted by molar-refractivity contribution is 5.66. The Balaban J connectivity index is 2.30. The normalized spacial score (nSPS) is 13.2. The van der Waals surface area contributed by atoms with Gasteiger partial charge in [0, 0.05) is 25.2 Å². The molecule has 1 aromatic heterocycles. The zero-order valence-corrected chi connectivity index (χ0v) is 14.5. The van der Waals surface area contributed by atoms with Gasteiger partial charge in [0.15, 0.2) is 0 Å². The van der Waals surface area contributed by atoms with Crippen molar-refractivity contribution in [2.45, 2.75) is 45.1 Å². The monoisotopic (exact) mass is 343 g/mol. The highest BCUT2D eigenvalue weighted by atomic mass is 16.6. The molecule has 0 spiro atoms. The molecule has 0 aliphatic carbocycles. The number of imidazole rings is 1. The van der Waals surface area contributed by atoms with Crippen LogP contribution in [0.1, 0.15) is 44.2 Å². The van der Waals surface area contributed by atoms with Gasteiger partial charge in [0.05, 0.1) is 12.4 Å². The largest absolute Gasteiger partial charge is 0.481 e. The van der Waals surface area contributed by atoms with Crippen LogP contribution in [0.25, 0.3) is 0 Å². The predicted molar refractivity (Wildman–Crippen MR) is 95.5 cm³/mol. The number of allylic oxidation sites excluding steroid dienone is 2. The first kappa shape index (κ1) is 18.7. The van der Waals surface area contributed by atoms with Crippen LogP contribution in [-0.4, -0.2) is 20.6 Å². The summed E-state index contributed by atoms with van der Waals surface area (Å²) >= 11 is 0. The molecule has 0 fully saturated rings. The first-order valence-electron chi connectivity index (χ1n) is 8.47. The quantitative estimate of drug-likeness (QED) is 0.509. The minimum absolute atomic E-state index is 0.0262. The molecular formula is C19H25N3O3. The van der Waals surface area contributed by atoms with Gasteiger partial charge in [-0.2, -0.15) is 5.90 Å². The number of hydrogen-bond donors (Lipinski definition) is 2. The van der Waals surface area contributed by atoms with Gasteiger partial charge in [0.2, 0.25) is 0 Å². The van der Waals surface area contributed by atoms with Gasteiger partial charge in [0.1, 0.15) is 5.76 Å². The molecule has 134 valence electrons. The van der Waals surface area contributed by atoms with Crippen molar-refractivity contribution in [2.24, 2.45) is 5.90 Å². The summed E-state index contributed by atoms with van der Waals surface area (Å²) in [5, 5.41) is 8.85. The van der Waals surface area contributed by atoms with Crippen LogP contribution in [0.4, 0.5) is 0 Å². The highest BCUT2D eigenvalue weighted by Crippen LogP contribution is 2.30. The second-order valence-electron chi connectivity index (χ2n) is 5.88. The van der Waals surface area contributed by atoms with Crippen molar-refractivity contribution in [2.75, 3.05) is 0 Å². The summed E-state index contributed by atoms with van der Waals surface area (Å²) in [6, 6.07) is 10.2. The van der Waals surface area contributed by atoms with Crippen LogP contribution in [0, 0.1) is 0 Å². The number of hydrogen-bond acceptors (Lipinski definition) is 4. The van der Waals surface area contributed by atoms with E-state index in [4.69, 9.17) is 15.8 Å². The van der Waals surface area contributed by atoms with Crippen LogP contribution in [0.15, 0.2) is 60.4 Å². The third-order valence-corrected chi connectivity index (χ3v) is 4.23. The molecule has 0 saturated heterocycles. The number of aromatic nitrogens is 2. The Kier molecular flexibility index (Phi) is 7.22. The second kappa shape index (κ2) is 9.64. The maximum absolute atomic E-state index is 10.8. The molecule has 6 nitrogen and oxygen atoms in total. The molecule has 2 aromatic rings. The van der Waals surface area contributed by atoms with Crippen LogP contribution < -0.4 is 5.90 Å². The molecule has 1 heterocycles. The zero-order valence-electron chi connectivity index (χ0n) is 14.5.